The predicted octanol–water partition coefficient (Wildman–Crippen LogP) is 4.71. The van der Waals surface area contributed by atoms with Crippen LogP contribution in [-0.4, -0.2) is 93.4 Å². The van der Waals surface area contributed by atoms with Gasteiger partial charge in [-0.3, -0.25) is 9.59 Å². The van der Waals surface area contributed by atoms with Gasteiger partial charge < -0.3 is 45.4 Å². The van der Waals surface area contributed by atoms with E-state index in [9.17, 15) is 24.3 Å². The zero-order valence-electron chi connectivity index (χ0n) is 30.8. The van der Waals surface area contributed by atoms with Gasteiger partial charge in [0, 0.05) is 6.54 Å². The molecule has 4 aromatic rings. The fourth-order valence-electron chi connectivity index (χ4n) is 6.37. The first-order valence-corrected chi connectivity index (χ1v) is 17.7. The number of carbonyl (C=O) groups is 4. The minimum absolute atomic E-state index is 0.114. The minimum atomic E-state index is -0.855. The van der Waals surface area contributed by atoms with E-state index in [0.717, 1.165) is 40.8 Å². The number of amides is 4. The van der Waals surface area contributed by atoms with Crippen molar-refractivity contribution in [3.63, 3.8) is 0 Å². The molecule has 4 atom stereocenters. The summed E-state index contributed by atoms with van der Waals surface area (Å²) in [5, 5.41) is 18.0. The molecule has 5 rings (SSSR count). The first-order valence-electron chi connectivity index (χ1n) is 17.7. The smallest absolute Gasteiger partial charge is 0.407 e. The van der Waals surface area contributed by atoms with Crippen molar-refractivity contribution >= 4 is 24.0 Å². The highest BCUT2D eigenvalue weighted by atomic mass is 16.5. The van der Waals surface area contributed by atoms with Crippen LogP contribution in [0.2, 0.25) is 0 Å². The molecule has 0 unspecified atom stereocenters. The first kappa shape index (κ1) is 38.5. The van der Waals surface area contributed by atoms with Crippen LogP contribution >= 0.6 is 0 Å². The number of methoxy groups -OCH3 is 2. The van der Waals surface area contributed by atoms with Crippen LogP contribution in [0, 0.1) is 11.8 Å². The van der Waals surface area contributed by atoms with Gasteiger partial charge >= 0.3 is 12.2 Å². The molecule has 0 saturated carbocycles. The van der Waals surface area contributed by atoms with Crippen LogP contribution in [0.15, 0.2) is 60.9 Å². The molecule has 1 aliphatic rings. The van der Waals surface area contributed by atoms with E-state index in [1.54, 1.807) is 31.1 Å². The summed E-state index contributed by atoms with van der Waals surface area (Å²) in [7, 11) is 2.50. The van der Waals surface area contributed by atoms with Gasteiger partial charge in [0.25, 0.3) is 0 Å². The number of benzene rings is 2. The van der Waals surface area contributed by atoms with E-state index < -0.39 is 42.8 Å². The highest BCUT2D eigenvalue weighted by molar-refractivity contribution is 5.87. The highest BCUT2D eigenvalue weighted by Gasteiger charge is 2.37. The topological polar surface area (TPSA) is 204 Å². The lowest BCUT2D eigenvalue weighted by Crippen LogP contribution is -2.51. The largest absolute Gasteiger partial charge is 0.453 e. The van der Waals surface area contributed by atoms with Gasteiger partial charge in [0.15, 0.2) is 0 Å². The van der Waals surface area contributed by atoms with Crippen LogP contribution in [0.1, 0.15) is 64.3 Å². The Hall–Kier alpha value is -5.70. The van der Waals surface area contributed by atoms with Crippen molar-refractivity contribution in [2.45, 2.75) is 64.7 Å². The van der Waals surface area contributed by atoms with Crippen molar-refractivity contribution in [1.29, 1.82) is 0 Å². The maximum atomic E-state index is 13.5. The van der Waals surface area contributed by atoms with Crippen LogP contribution < -0.4 is 16.0 Å². The lowest BCUT2D eigenvalue weighted by atomic mass is 10.0. The molecule has 15 nitrogen and oxygen atoms in total. The molecule has 2 aromatic heterocycles. The molecule has 0 spiro atoms. The Morgan fingerprint density at radius 1 is 0.774 bits per heavy atom. The van der Waals surface area contributed by atoms with Gasteiger partial charge in [-0.1, -0.05) is 76.2 Å². The third-order valence-corrected chi connectivity index (χ3v) is 9.40. The van der Waals surface area contributed by atoms with E-state index in [2.05, 4.69) is 40.6 Å². The van der Waals surface area contributed by atoms with Gasteiger partial charge in [-0.05, 0) is 46.9 Å². The molecule has 0 radical (unpaired) electrons. The Bertz CT molecular complexity index is 1870. The molecule has 0 aliphatic carbocycles. The number of likely N-dealkylation sites (tertiary alicyclic amines) is 1. The van der Waals surface area contributed by atoms with Crippen molar-refractivity contribution in [2.75, 3.05) is 27.4 Å². The lowest BCUT2D eigenvalue weighted by Gasteiger charge is -2.30. The fourth-order valence-corrected chi connectivity index (χ4v) is 6.37. The first-order chi connectivity index (χ1) is 25.4. The van der Waals surface area contributed by atoms with E-state index in [1.165, 1.54) is 14.2 Å². The molecule has 15 heteroatoms. The van der Waals surface area contributed by atoms with Crippen molar-refractivity contribution in [3.8, 4) is 33.6 Å². The second-order valence-electron chi connectivity index (χ2n) is 13.7. The van der Waals surface area contributed by atoms with Crippen molar-refractivity contribution < 1.29 is 33.8 Å². The Kier molecular flexibility index (Phi) is 12.5. The number of hydrogen-bond donors (Lipinski definition) is 6. The summed E-state index contributed by atoms with van der Waals surface area (Å²) in [4.78, 5) is 67.5. The molecule has 4 amide bonds. The number of nitrogens with zero attached hydrogens (tertiary/aromatic N) is 3. The Balaban J connectivity index is 1.23. The van der Waals surface area contributed by atoms with Gasteiger partial charge in [0.05, 0.1) is 50.6 Å². The number of aliphatic hydroxyl groups excluding tert-OH is 1. The minimum Gasteiger partial charge on any atom is -0.453 e. The van der Waals surface area contributed by atoms with Crippen molar-refractivity contribution in [2.24, 2.45) is 11.8 Å². The standard InChI is InChI=1S/C38H48N8O7/c1-21(2)31(44-37(50)52-5)35(48)43-29(20-47)33-39-18-27(41-33)25-13-9-23(10-14-25)24-11-15-26(16-12-24)28-19-40-34(42-28)30-8-7-17-46(30)36(49)32(22(3)4)45-38(51)53-6/h9-16,18-19,21-22,29-32,47H,7-8,17,20H2,1-6H3,(H,39,41)(H,40,42)(H,43,48)(H,44,50)(H,45,51)/t29-,30-,31-,32-/m0/s1. The van der Waals surface area contributed by atoms with Gasteiger partial charge in [-0.25, -0.2) is 19.6 Å². The zero-order chi connectivity index (χ0) is 38.2. The van der Waals surface area contributed by atoms with Gasteiger partial charge in [0.2, 0.25) is 11.8 Å². The summed E-state index contributed by atoms with van der Waals surface area (Å²) < 4.78 is 9.37. The molecule has 1 saturated heterocycles. The highest BCUT2D eigenvalue weighted by Crippen LogP contribution is 2.33. The van der Waals surface area contributed by atoms with Crippen molar-refractivity contribution in [3.05, 3.63) is 72.6 Å². The monoisotopic (exact) mass is 728 g/mol. The van der Waals surface area contributed by atoms with Gasteiger partial charge in [-0.15, -0.1) is 0 Å². The summed E-state index contributed by atoms with van der Waals surface area (Å²) in [6.07, 6.45) is 3.67. The second-order valence-corrected chi connectivity index (χ2v) is 13.7. The molecular formula is C38H48N8O7. The fraction of sp³-hybridized carbons (Fsp3) is 0.421. The predicted molar refractivity (Wildman–Crippen MR) is 197 cm³/mol. The molecule has 282 valence electrons. The number of alkyl carbamates (subject to hydrolysis) is 2. The Morgan fingerprint density at radius 2 is 1.28 bits per heavy atom. The summed E-state index contributed by atoms with van der Waals surface area (Å²) in [5.74, 6) is 0.125. The van der Waals surface area contributed by atoms with Crippen LogP contribution in [0.5, 0.6) is 0 Å². The number of aliphatic hydroxyl groups is 1. The van der Waals surface area contributed by atoms with Crippen molar-refractivity contribution in [1.82, 2.24) is 40.8 Å². The SMILES string of the molecule is COC(=O)N[C@H](C(=O)N[C@@H](CO)c1ncc(-c2ccc(-c3ccc(-c4cnc([C@@H]5CCCN5C(=O)[C@@H](NC(=O)OC)C(C)C)[nH]4)cc3)cc2)[nH]1)C(C)C. The average Bonchev–Trinajstić information content (AvgIpc) is 3.96. The van der Waals surface area contributed by atoms with Gasteiger partial charge in [0.1, 0.15) is 29.8 Å². The van der Waals surface area contributed by atoms with E-state index >= 15 is 0 Å². The third kappa shape index (κ3) is 9.03. The molecule has 1 aliphatic heterocycles. The van der Waals surface area contributed by atoms with E-state index in [0.29, 0.717) is 23.9 Å². The number of carbonyl (C=O) groups excluding carboxylic acids is 4. The van der Waals surface area contributed by atoms with Gasteiger partial charge in [-0.2, -0.15) is 0 Å². The summed E-state index contributed by atoms with van der Waals surface area (Å²) >= 11 is 0. The second kappa shape index (κ2) is 17.2. The summed E-state index contributed by atoms with van der Waals surface area (Å²) in [6, 6.07) is 13.4. The molecule has 3 heterocycles. The van der Waals surface area contributed by atoms with Crippen LogP contribution in [0.25, 0.3) is 33.6 Å². The normalized spacial score (nSPS) is 15.9. The maximum Gasteiger partial charge on any atom is 0.407 e. The molecule has 2 aromatic carbocycles. The quantitative estimate of drug-likeness (QED) is 0.113. The number of ether oxygens (including phenoxy) is 2. The number of imidazole rings is 2. The number of aromatic amines is 2. The molecule has 1 fully saturated rings. The number of rotatable bonds is 13. The number of aromatic nitrogens is 4. The van der Waals surface area contributed by atoms with E-state index in [-0.39, 0.29) is 23.8 Å². The van der Waals surface area contributed by atoms with Crippen LogP contribution in [0.3, 0.4) is 0 Å². The molecular weight excluding hydrogens is 680 g/mol. The number of H-pyrrole nitrogens is 2. The van der Waals surface area contributed by atoms with E-state index in [1.807, 2.05) is 62.4 Å². The number of nitrogens with one attached hydrogen (secondary N) is 5. The maximum absolute atomic E-state index is 13.5. The summed E-state index contributed by atoms with van der Waals surface area (Å²) in [5.41, 5.74) is 5.37. The zero-order valence-corrected chi connectivity index (χ0v) is 30.8. The molecule has 6 N–H and O–H groups in total. The number of hydrogen-bond acceptors (Lipinski definition) is 9. The average molecular weight is 729 g/mol. The van der Waals surface area contributed by atoms with E-state index in [4.69, 9.17) is 4.74 Å². The Morgan fingerprint density at radius 3 is 1.81 bits per heavy atom. The van der Waals surface area contributed by atoms with Crippen LogP contribution in [-0.2, 0) is 19.1 Å². The molecule has 53 heavy (non-hydrogen) atoms. The third-order valence-electron chi connectivity index (χ3n) is 9.40. The molecule has 0 bridgehead atoms. The van der Waals surface area contributed by atoms with Crippen LogP contribution in [0.4, 0.5) is 9.59 Å². The summed E-state index contributed by atoms with van der Waals surface area (Å²) in [6.45, 7) is 7.54. The Labute approximate surface area is 308 Å². The lowest BCUT2D eigenvalue weighted by molar-refractivity contribution is -0.135.